The molecule has 0 radical (unpaired) electrons. The van der Waals surface area contributed by atoms with Crippen molar-refractivity contribution in [3.05, 3.63) is 63.6 Å². The van der Waals surface area contributed by atoms with Crippen LogP contribution in [-0.4, -0.2) is 11.0 Å². The zero-order valence-corrected chi connectivity index (χ0v) is 11.9. The molecule has 3 nitrogen and oxygen atoms in total. The molecule has 1 unspecified atom stereocenters. The number of amides is 1. The van der Waals surface area contributed by atoms with Crippen LogP contribution in [0.5, 0.6) is 0 Å². The third-order valence-electron chi connectivity index (χ3n) is 2.64. The highest BCUT2D eigenvalue weighted by Crippen LogP contribution is 2.25. The van der Waals surface area contributed by atoms with Gasteiger partial charge in [0.25, 0.3) is 5.91 Å². The van der Waals surface area contributed by atoms with Crippen LogP contribution in [0.1, 0.15) is 11.7 Å². The van der Waals surface area contributed by atoms with Gasteiger partial charge in [0, 0.05) is 16.1 Å². The molecule has 1 atom stereocenters. The lowest BCUT2D eigenvalue weighted by atomic mass is 10.1. The number of rotatable bonds is 3. The SMILES string of the molecule is O=C(Nc1ccc(F)cc1F)C(O)c1cc(Cl)cc(Cl)c1. The number of hydrogen-bond acceptors (Lipinski definition) is 2. The minimum Gasteiger partial charge on any atom is -0.378 e. The number of anilines is 1. The Morgan fingerprint density at radius 1 is 1.10 bits per heavy atom. The van der Waals surface area contributed by atoms with Gasteiger partial charge in [-0.25, -0.2) is 8.78 Å². The standard InChI is InChI=1S/C14H9Cl2F2NO2/c15-8-3-7(4-9(16)5-8)13(20)14(21)19-12-2-1-10(17)6-11(12)18/h1-6,13,20H,(H,19,21). The van der Waals surface area contributed by atoms with Gasteiger partial charge in [0.1, 0.15) is 11.6 Å². The molecule has 0 aromatic heterocycles. The van der Waals surface area contributed by atoms with Gasteiger partial charge >= 0.3 is 0 Å². The number of carbonyl (C=O) groups is 1. The second-order valence-electron chi connectivity index (χ2n) is 4.22. The predicted octanol–water partition coefficient (Wildman–Crippen LogP) is 3.94. The molecule has 0 fully saturated rings. The van der Waals surface area contributed by atoms with E-state index >= 15 is 0 Å². The van der Waals surface area contributed by atoms with E-state index in [1.165, 1.54) is 18.2 Å². The molecule has 2 aromatic rings. The van der Waals surface area contributed by atoms with Crippen LogP contribution >= 0.6 is 23.2 Å². The fraction of sp³-hybridized carbons (Fsp3) is 0.0714. The molecule has 0 aliphatic heterocycles. The smallest absolute Gasteiger partial charge is 0.257 e. The number of benzene rings is 2. The highest BCUT2D eigenvalue weighted by molar-refractivity contribution is 6.34. The van der Waals surface area contributed by atoms with E-state index in [-0.39, 0.29) is 21.3 Å². The number of carbonyl (C=O) groups excluding carboxylic acids is 1. The molecule has 2 rings (SSSR count). The Labute approximate surface area is 129 Å². The molecule has 2 aromatic carbocycles. The minimum atomic E-state index is -1.59. The van der Waals surface area contributed by atoms with E-state index in [0.717, 1.165) is 12.1 Å². The maximum atomic E-state index is 13.4. The van der Waals surface area contributed by atoms with Crippen molar-refractivity contribution in [2.75, 3.05) is 5.32 Å². The third kappa shape index (κ3) is 3.91. The van der Waals surface area contributed by atoms with E-state index < -0.39 is 23.6 Å². The average molecular weight is 332 g/mol. The van der Waals surface area contributed by atoms with E-state index in [9.17, 15) is 18.7 Å². The molecule has 110 valence electrons. The molecule has 1 amide bonds. The molecule has 0 bridgehead atoms. The number of nitrogens with one attached hydrogen (secondary N) is 1. The number of hydrogen-bond donors (Lipinski definition) is 2. The van der Waals surface area contributed by atoms with Gasteiger partial charge in [-0.15, -0.1) is 0 Å². The Morgan fingerprint density at radius 2 is 1.71 bits per heavy atom. The van der Waals surface area contributed by atoms with Crippen LogP contribution in [-0.2, 0) is 4.79 Å². The van der Waals surface area contributed by atoms with Crippen molar-refractivity contribution in [3.8, 4) is 0 Å². The zero-order chi connectivity index (χ0) is 15.6. The van der Waals surface area contributed by atoms with Crippen LogP contribution in [0.25, 0.3) is 0 Å². The van der Waals surface area contributed by atoms with Gasteiger partial charge in [-0.3, -0.25) is 4.79 Å². The lowest BCUT2D eigenvalue weighted by molar-refractivity contribution is -0.124. The van der Waals surface area contributed by atoms with E-state index in [2.05, 4.69) is 5.32 Å². The molecule has 0 saturated carbocycles. The maximum absolute atomic E-state index is 13.4. The molecule has 0 aliphatic carbocycles. The summed E-state index contributed by atoms with van der Waals surface area (Å²) in [5.41, 5.74) is -0.0823. The number of aliphatic hydroxyl groups is 1. The van der Waals surface area contributed by atoms with Crippen molar-refractivity contribution >= 4 is 34.8 Å². The first-order valence-electron chi connectivity index (χ1n) is 5.77. The second kappa shape index (κ2) is 6.39. The molecule has 0 aliphatic rings. The molecule has 0 heterocycles. The first-order chi connectivity index (χ1) is 9.86. The monoisotopic (exact) mass is 331 g/mol. The van der Waals surface area contributed by atoms with Crippen LogP contribution in [0.15, 0.2) is 36.4 Å². The number of aliphatic hydroxyl groups excluding tert-OH is 1. The summed E-state index contributed by atoms with van der Waals surface area (Å²) in [7, 11) is 0. The summed E-state index contributed by atoms with van der Waals surface area (Å²) in [6.07, 6.45) is -1.59. The van der Waals surface area contributed by atoms with Crippen molar-refractivity contribution in [3.63, 3.8) is 0 Å². The fourth-order valence-corrected chi connectivity index (χ4v) is 2.22. The normalized spacial score (nSPS) is 12.0. The largest absolute Gasteiger partial charge is 0.378 e. The lowest BCUT2D eigenvalue weighted by Gasteiger charge is -2.13. The second-order valence-corrected chi connectivity index (χ2v) is 5.09. The molecular weight excluding hydrogens is 323 g/mol. The molecular formula is C14H9Cl2F2NO2. The van der Waals surface area contributed by atoms with Crippen LogP contribution in [0.4, 0.5) is 14.5 Å². The van der Waals surface area contributed by atoms with Crippen LogP contribution < -0.4 is 5.32 Å². The molecule has 7 heteroatoms. The molecule has 2 N–H and O–H groups in total. The number of halogens is 4. The van der Waals surface area contributed by atoms with Gasteiger partial charge in [-0.1, -0.05) is 23.2 Å². The van der Waals surface area contributed by atoms with Gasteiger partial charge in [0.05, 0.1) is 5.69 Å². The first kappa shape index (κ1) is 15.7. The molecule has 0 saturated heterocycles. The first-order valence-corrected chi connectivity index (χ1v) is 6.52. The Hall–Kier alpha value is -1.69. The summed E-state index contributed by atoms with van der Waals surface area (Å²) in [6, 6.07) is 6.83. The van der Waals surface area contributed by atoms with Gasteiger partial charge < -0.3 is 10.4 Å². The summed E-state index contributed by atoms with van der Waals surface area (Å²) >= 11 is 11.5. The predicted molar refractivity (Wildman–Crippen MR) is 76.4 cm³/mol. The minimum absolute atomic E-state index is 0.160. The van der Waals surface area contributed by atoms with E-state index in [1.807, 2.05) is 0 Å². The molecule has 21 heavy (non-hydrogen) atoms. The Kier molecular flexibility index (Phi) is 4.77. The fourth-order valence-electron chi connectivity index (χ4n) is 1.68. The van der Waals surface area contributed by atoms with Crippen LogP contribution in [0.2, 0.25) is 10.0 Å². The van der Waals surface area contributed by atoms with Crippen molar-refractivity contribution in [2.45, 2.75) is 6.10 Å². The quantitative estimate of drug-likeness (QED) is 0.894. The Bertz CT molecular complexity index is 674. The van der Waals surface area contributed by atoms with Gasteiger partial charge in [-0.05, 0) is 35.9 Å². The molecule has 0 spiro atoms. The highest BCUT2D eigenvalue weighted by Gasteiger charge is 2.19. The van der Waals surface area contributed by atoms with Crippen LogP contribution in [0, 0.1) is 11.6 Å². The average Bonchev–Trinajstić information content (AvgIpc) is 2.40. The van der Waals surface area contributed by atoms with E-state index in [0.29, 0.717) is 6.07 Å². The summed E-state index contributed by atoms with van der Waals surface area (Å²) in [5, 5.41) is 12.6. The maximum Gasteiger partial charge on any atom is 0.257 e. The Morgan fingerprint density at radius 3 is 2.29 bits per heavy atom. The van der Waals surface area contributed by atoms with Gasteiger partial charge in [0.2, 0.25) is 0 Å². The lowest BCUT2D eigenvalue weighted by Crippen LogP contribution is -2.21. The topological polar surface area (TPSA) is 49.3 Å². The van der Waals surface area contributed by atoms with E-state index in [4.69, 9.17) is 23.2 Å². The summed E-state index contributed by atoms with van der Waals surface area (Å²) in [4.78, 5) is 11.9. The summed E-state index contributed by atoms with van der Waals surface area (Å²) in [6.45, 7) is 0. The highest BCUT2D eigenvalue weighted by atomic mass is 35.5. The van der Waals surface area contributed by atoms with Crippen molar-refractivity contribution in [2.24, 2.45) is 0 Å². The van der Waals surface area contributed by atoms with Crippen molar-refractivity contribution in [1.29, 1.82) is 0 Å². The zero-order valence-electron chi connectivity index (χ0n) is 10.4. The van der Waals surface area contributed by atoms with Gasteiger partial charge in [-0.2, -0.15) is 0 Å². The van der Waals surface area contributed by atoms with Crippen molar-refractivity contribution < 1.29 is 18.7 Å². The van der Waals surface area contributed by atoms with Gasteiger partial charge in [0.15, 0.2) is 6.10 Å². The summed E-state index contributed by atoms with van der Waals surface area (Å²) in [5.74, 6) is -2.61. The van der Waals surface area contributed by atoms with Crippen LogP contribution in [0.3, 0.4) is 0 Å². The van der Waals surface area contributed by atoms with Crippen molar-refractivity contribution in [1.82, 2.24) is 0 Å². The Balaban J connectivity index is 2.19. The van der Waals surface area contributed by atoms with E-state index in [1.54, 1.807) is 0 Å². The summed E-state index contributed by atoms with van der Waals surface area (Å²) < 4.78 is 26.2. The third-order valence-corrected chi connectivity index (χ3v) is 3.07.